The van der Waals surface area contributed by atoms with Crippen molar-refractivity contribution in [3.8, 4) is 0 Å². The van der Waals surface area contributed by atoms with Crippen LogP contribution < -0.4 is 0 Å². The zero-order valence-corrected chi connectivity index (χ0v) is 19.7. The number of dihydropyridines is 1. The van der Waals surface area contributed by atoms with Crippen molar-refractivity contribution in [1.29, 1.82) is 0 Å². The Balaban J connectivity index is 1.30. The molecular formula is C28H29BN5-. The zero-order chi connectivity index (χ0) is 22.9. The fourth-order valence-electron chi connectivity index (χ4n) is 5.98. The van der Waals surface area contributed by atoms with Crippen molar-refractivity contribution < 1.29 is 0 Å². The molecule has 0 unspecified atom stereocenters. The van der Waals surface area contributed by atoms with E-state index in [1.807, 2.05) is 49.4 Å². The van der Waals surface area contributed by atoms with E-state index in [0.717, 1.165) is 46.4 Å². The molecule has 4 aliphatic heterocycles. The second kappa shape index (κ2) is 9.17. The molecule has 1 aromatic carbocycles. The van der Waals surface area contributed by atoms with Gasteiger partial charge in [0, 0.05) is 29.5 Å². The molecule has 6 heteroatoms. The minimum Gasteiger partial charge on any atom is -0.357 e. The van der Waals surface area contributed by atoms with Gasteiger partial charge in [-0.15, -0.1) is 0 Å². The molecule has 2 aromatic rings. The third kappa shape index (κ3) is 4.29. The highest BCUT2D eigenvalue weighted by Gasteiger charge is 2.37. The van der Waals surface area contributed by atoms with Gasteiger partial charge in [0.2, 0.25) is 0 Å². The van der Waals surface area contributed by atoms with Gasteiger partial charge in [0.15, 0.2) is 6.71 Å². The maximum absolute atomic E-state index is 4.95. The number of amidine groups is 3. The van der Waals surface area contributed by atoms with E-state index in [4.69, 9.17) is 20.3 Å². The molecule has 0 spiro atoms. The van der Waals surface area contributed by atoms with E-state index in [9.17, 15) is 0 Å². The van der Waals surface area contributed by atoms with Crippen LogP contribution in [-0.4, -0.2) is 29.2 Å². The first-order chi connectivity index (χ1) is 16.7. The first-order valence-corrected chi connectivity index (χ1v) is 12.6. The van der Waals surface area contributed by atoms with Crippen LogP contribution in [0.25, 0.3) is 5.32 Å². The molecule has 2 fully saturated rings. The van der Waals surface area contributed by atoms with Gasteiger partial charge >= 0.3 is 0 Å². The molecule has 0 saturated carbocycles. The average Bonchev–Trinajstić information content (AvgIpc) is 3.16. The van der Waals surface area contributed by atoms with Crippen LogP contribution in [0.4, 0.5) is 5.82 Å². The van der Waals surface area contributed by atoms with E-state index < -0.39 is 0 Å². The van der Waals surface area contributed by atoms with Gasteiger partial charge in [-0.05, 0) is 36.3 Å². The molecule has 2 bridgehead atoms. The van der Waals surface area contributed by atoms with E-state index in [1.54, 1.807) is 0 Å². The van der Waals surface area contributed by atoms with Crippen LogP contribution in [0.3, 0.4) is 0 Å². The number of allylic oxidation sites excluding steroid dienone is 1. The Bertz CT molecular complexity index is 1230. The van der Waals surface area contributed by atoms with Crippen LogP contribution in [-0.2, 0) is 0 Å². The van der Waals surface area contributed by atoms with Crippen molar-refractivity contribution in [2.24, 2.45) is 15.0 Å². The van der Waals surface area contributed by atoms with Gasteiger partial charge in [-0.2, -0.15) is 0 Å². The smallest absolute Gasteiger partial charge is 0.175 e. The summed E-state index contributed by atoms with van der Waals surface area (Å²) in [6, 6.07) is 14.0. The highest BCUT2D eigenvalue weighted by molar-refractivity contribution is 6.67. The second-order valence-corrected chi connectivity index (χ2v) is 9.86. The molecule has 6 rings (SSSR count). The molecule has 5 nitrogen and oxygen atoms in total. The zero-order valence-electron chi connectivity index (χ0n) is 19.7. The molecule has 0 aliphatic carbocycles. The Morgan fingerprint density at radius 1 is 0.912 bits per heavy atom. The molecule has 1 aromatic heterocycles. The molecule has 0 N–H and O–H groups in total. The van der Waals surface area contributed by atoms with Crippen LogP contribution in [0.2, 0.25) is 11.6 Å². The van der Waals surface area contributed by atoms with Crippen LogP contribution in [0.5, 0.6) is 0 Å². The summed E-state index contributed by atoms with van der Waals surface area (Å²) in [6.07, 6.45) is 13.4. The fourth-order valence-corrected chi connectivity index (χ4v) is 5.98. The van der Waals surface area contributed by atoms with Crippen molar-refractivity contribution in [1.82, 2.24) is 4.98 Å². The first-order valence-electron chi connectivity index (χ1n) is 12.6. The van der Waals surface area contributed by atoms with E-state index in [2.05, 4.69) is 23.1 Å². The summed E-state index contributed by atoms with van der Waals surface area (Å²) in [5.74, 6) is 6.88. The topological polar surface area (TPSA) is 64.1 Å². The number of aromatic nitrogens is 1. The Labute approximate surface area is 202 Å². The third-order valence-corrected chi connectivity index (χ3v) is 7.56. The maximum Gasteiger partial charge on any atom is 0.175 e. The standard InChI is InChI=1S/C28H29BN5/c1-19-8-4-16-25(30-19)32-27-23-14-2-3-15-24(23)28(34-27)33-26-17-7-13-22(31-26)18-29-20-9-5-10-21(29)12-6-11-20/h2-4,7-8,14-18,20-21H,5-6,9-13H2,1H3/q-1/b22-18-. The molecule has 4 aliphatic rings. The average molecular weight is 446 g/mol. The van der Waals surface area contributed by atoms with Crippen molar-refractivity contribution in [2.45, 2.75) is 63.5 Å². The minimum atomic E-state index is 0.652. The molecule has 0 atom stereocenters. The molecule has 2 saturated heterocycles. The summed E-state index contributed by atoms with van der Waals surface area (Å²) in [4.78, 5) is 19.1. The number of rotatable bonds is 2. The predicted octanol–water partition coefficient (Wildman–Crippen LogP) is 6.99. The summed E-state index contributed by atoms with van der Waals surface area (Å²) in [7, 11) is 0. The van der Waals surface area contributed by atoms with E-state index in [1.165, 1.54) is 38.5 Å². The highest BCUT2D eigenvalue weighted by Crippen LogP contribution is 2.47. The lowest BCUT2D eigenvalue weighted by atomic mass is 9.27. The Kier molecular flexibility index (Phi) is 5.74. The Hall–Kier alpha value is -3.28. The van der Waals surface area contributed by atoms with Crippen molar-refractivity contribution in [3.63, 3.8) is 0 Å². The lowest BCUT2D eigenvalue weighted by molar-refractivity contribution is 0.447. The minimum absolute atomic E-state index is 0.652. The number of benzene rings is 1. The largest absolute Gasteiger partial charge is 0.357 e. The molecule has 170 valence electrons. The van der Waals surface area contributed by atoms with Gasteiger partial charge in [0.25, 0.3) is 0 Å². The third-order valence-electron chi connectivity index (χ3n) is 7.56. The van der Waals surface area contributed by atoms with Gasteiger partial charge in [0.1, 0.15) is 0 Å². The van der Waals surface area contributed by atoms with Crippen LogP contribution in [0.1, 0.15) is 61.8 Å². The summed E-state index contributed by atoms with van der Waals surface area (Å²) in [6.45, 7) is 2.66. The summed E-state index contributed by atoms with van der Waals surface area (Å²) >= 11 is 0. The van der Waals surface area contributed by atoms with Gasteiger partial charge in [0.05, 0.1) is 11.7 Å². The number of hydrogen-bond donors (Lipinski definition) is 0. The van der Waals surface area contributed by atoms with E-state index in [-0.39, 0.29) is 0 Å². The normalized spacial score (nSPS) is 27.1. The monoisotopic (exact) mass is 446 g/mol. The van der Waals surface area contributed by atoms with Crippen molar-refractivity contribution >= 4 is 30.0 Å². The first kappa shape index (κ1) is 21.3. The van der Waals surface area contributed by atoms with Crippen LogP contribution >= 0.6 is 0 Å². The second-order valence-electron chi connectivity index (χ2n) is 9.86. The van der Waals surface area contributed by atoms with Gasteiger partial charge < -0.3 is 15.3 Å². The number of fused-ring (bicyclic) bond motifs is 3. The number of aryl methyl sites for hydroxylation is 1. The number of aliphatic imine (C=N–C) groups is 3. The van der Waals surface area contributed by atoms with E-state index >= 15 is 0 Å². The van der Waals surface area contributed by atoms with Gasteiger partial charge in [-0.25, -0.2) is 0 Å². The Morgan fingerprint density at radius 3 is 2.32 bits per heavy atom. The van der Waals surface area contributed by atoms with Crippen LogP contribution in [0, 0.1) is 6.92 Å². The number of nitrogens with zero attached hydrogens (tertiary/aromatic N) is 5. The van der Waals surface area contributed by atoms with Gasteiger partial charge in [-0.3, -0.25) is 9.98 Å². The molecule has 34 heavy (non-hydrogen) atoms. The highest BCUT2D eigenvalue weighted by atomic mass is 15.1. The maximum atomic E-state index is 4.95. The quantitative estimate of drug-likeness (QED) is 0.459. The lowest BCUT2D eigenvalue weighted by Crippen LogP contribution is -2.33. The predicted molar refractivity (Wildman–Crippen MR) is 142 cm³/mol. The summed E-state index contributed by atoms with van der Waals surface area (Å²) < 4.78 is 0. The number of pyridine rings is 1. The SMILES string of the molecule is Cc1cccc(N=C2[N-]C(=NC3=N/C(=C\B4C5CCCC4CCC5)CC=C3)c3ccccc32)n1. The van der Waals surface area contributed by atoms with Crippen molar-refractivity contribution in [3.05, 3.63) is 88.4 Å². The van der Waals surface area contributed by atoms with Crippen molar-refractivity contribution in [2.75, 3.05) is 0 Å². The fraction of sp³-hybridized carbons (Fsp3) is 0.357. The summed E-state index contributed by atoms with van der Waals surface area (Å²) in [5, 5.41) is 4.79. The lowest BCUT2D eigenvalue weighted by Gasteiger charge is -2.39. The Morgan fingerprint density at radius 2 is 1.62 bits per heavy atom. The molecule has 5 heterocycles. The molecular weight excluding hydrogens is 417 g/mol. The number of hydrogen-bond acceptors (Lipinski definition) is 4. The summed E-state index contributed by atoms with van der Waals surface area (Å²) in [5.41, 5.74) is 4.07. The molecule has 0 radical (unpaired) electrons. The van der Waals surface area contributed by atoms with E-state index in [0.29, 0.717) is 24.2 Å². The molecule has 0 amide bonds. The van der Waals surface area contributed by atoms with Crippen LogP contribution in [0.15, 0.2) is 81.3 Å². The van der Waals surface area contributed by atoms with Gasteiger partial charge in [-0.1, -0.05) is 92.5 Å².